The molecule has 0 aliphatic carbocycles. The van der Waals surface area contributed by atoms with E-state index in [0.717, 1.165) is 23.6 Å². The first-order valence-corrected chi connectivity index (χ1v) is 12.1. The summed E-state index contributed by atoms with van der Waals surface area (Å²) in [7, 11) is 0. The van der Waals surface area contributed by atoms with Crippen LogP contribution in [0.1, 0.15) is 37.2 Å². The van der Waals surface area contributed by atoms with Gasteiger partial charge in [0.15, 0.2) is 10.0 Å². The maximum absolute atomic E-state index is 12.4. The fourth-order valence-corrected chi connectivity index (χ4v) is 5.19. The van der Waals surface area contributed by atoms with Crippen molar-refractivity contribution in [3.05, 3.63) is 29.3 Å². The van der Waals surface area contributed by atoms with E-state index < -0.39 is 5.97 Å². The summed E-state index contributed by atoms with van der Waals surface area (Å²) in [5.74, 6) is 1.32. The van der Waals surface area contributed by atoms with Gasteiger partial charge >= 0.3 is 5.97 Å². The summed E-state index contributed by atoms with van der Waals surface area (Å²) in [4.78, 5) is 29.3. The van der Waals surface area contributed by atoms with Crippen LogP contribution in [-0.4, -0.2) is 65.0 Å². The standard InChI is InChI=1S/C21H27N3O5S2/c1-3-28-15-6-7-18(29-4-2)16(11-15)22-12-14-5-8-19(25)24(14)9-10-30-21-23-17(13-31-21)20(26)27/h6-7,11,13-14,22H,3-5,8-10,12H2,1-2H3,(H,26,27)/t14-/m1/s1. The number of hydrogen-bond donors (Lipinski definition) is 2. The van der Waals surface area contributed by atoms with Gasteiger partial charge in [-0.15, -0.1) is 11.3 Å². The lowest BCUT2D eigenvalue weighted by Crippen LogP contribution is -2.39. The zero-order chi connectivity index (χ0) is 22.2. The normalized spacial score (nSPS) is 15.9. The molecule has 2 N–H and O–H groups in total. The minimum absolute atomic E-state index is 0.0613. The number of anilines is 1. The van der Waals surface area contributed by atoms with Crippen LogP contribution in [0.25, 0.3) is 0 Å². The van der Waals surface area contributed by atoms with Crippen molar-refractivity contribution < 1.29 is 24.2 Å². The molecule has 0 radical (unpaired) electrons. The van der Waals surface area contributed by atoms with Gasteiger partial charge in [-0.3, -0.25) is 4.79 Å². The maximum Gasteiger partial charge on any atom is 0.355 e. The van der Waals surface area contributed by atoms with Gasteiger partial charge in [0.25, 0.3) is 0 Å². The first kappa shape index (κ1) is 23.2. The van der Waals surface area contributed by atoms with E-state index in [0.29, 0.717) is 42.8 Å². The number of thiazole rings is 1. The Morgan fingerprint density at radius 3 is 2.87 bits per heavy atom. The molecule has 0 spiro atoms. The van der Waals surface area contributed by atoms with Crippen molar-refractivity contribution in [3.8, 4) is 11.5 Å². The van der Waals surface area contributed by atoms with Crippen LogP contribution in [0.15, 0.2) is 27.9 Å². The average Bonchev–Trinajstić information content (AvgIpc) is 3.36. The largest absolute Gasteiger partial charge is 0.494 e. The molecular formula is C21H27N3O5S2. The Labute approximate surface area is 189 Å². The summed E-state index contributed by atoms with van der Waals surface area (Å²) in [6.45, 7) is 6.24. The van der Waals surface area contributed by atoms with Crippen LogP contribution in [-0.2, 0) is 4.79 Å². The molecule has 3 rings (SSSR count). The topological polar surface area (TPSA) is 101 Å². The van der Waals surface area contributed by atoms with Gasteiger partial charge in [-0.1, -0.05) is 11.8 Å². The third-order valence-corrected chi connectivity index (χ3v) is 6.80. The van der Waals surface area contributed by atoms with Crippen LogP contribution < -0.4 is 14.8 Å². The molecule has 1 atom stereocenters. The fourth-order valence-electron chi connectivity index (χ4n) is 3.38. The number of nitrogens with zero attached hydrogens (tertiary/aromatic N) is 2. The molecule has 2 aromatic rings. The lowest BCUT2D eigenvalue weighted by atomic mass is 10.2. The molecule has 1 fully saturated rings. The maximum atomic E-state index is 12.4. The van der Waals surface area contributed by atoms with Gasteiger partial charge in [-0.05, 0) is 32.4 Å². The summed E-state index contributed by atoms with van der Waals surface area (Å²) in [6.07, 6.45) is 1.33. The number of carboxylic acids is 1. The number of ether oxygens (including phenoxy) is 2. The smallest absolute Gasteiger partial charge is 0.355 e. The highest BCUT2D eigenvalue weighted by molar-refractivity contribution is 8.01. The SMILES string of the molecule is CCOc1ccc(OCC)c(NC[C@H]2CCC(=O)N2CCSc2nc(C(=O)O)cs2)c1. The predicted octanol–water partition coefficient (Wildman–Crippen LogP) is 3.83. The van der Waals surface area contributed by atoms with E-state index in [9.17, 15) is 9.59 Å². The first-order valence-electron chi connectivity index (χ1n) is 10.3. The van der Waals surface area contributed by atoms with Crippen LogP contribution in [0.4, 0.5) is 5.69 Å². The second-order valence-electron chi connectivity index (χ2n) is 6.84. The van der Waals surface area contributed by atoms with Crippen molar-refractivity contribution in [2.75, 3.05) is 37.4 Å². The van der Waals surface area contributed by atoms with Crippen LogP contribution in [0, 0.1) is 0 Å². The van der Waals surface area contributed by atoms with E-state index in [1.807, 2.05) is 36.9 Å². The van der Waals surface area contributed by atoms with Crippen molar-refractivity contribution in [2.24, 2.45) is 0 Å². The Hall–Kier alpha value is -2.46. The van der Waals surface area contributed by atoms with Gasteiger partial charge in [0.2, 0.25) is 5.91 Å². The molecule has 0 saturated carbocycles. The molecule has 10 heteroatoms. The summed E-state index contributed by atoms with van der Waals surface area (Å²) in [5, 5.41) is 13.9. The van der Waals surface area contributed by atoms with E-state index in [4.69, 9.17) is 14.6 Å². The summed E-state index contributed by atoms with van der Waals surface area (Å²) in [6, 6.07) is 5.79. The Balaban J connectivity index is 1.57. The molecule has 1 aliphatic rings. The molecule has 1 aromatic heterocycles. The Morgan fingerprint density at radius 2 is 2.16 bits per heavy atom. The lowest BCUT2D eigenvalue weighted by molar-refractivity contribution is -0.128. The molecule has 31 heavy (non-hydrogen) atoms. The molecular weight excluding hydrogens is 438 g/mol. The number of carboxylic acid groups (broad SMARTS) is 1. The minimum Gasteiger partial charge on any atom is -0.494 e. The second-order valence-corrected chi connectivity index (χ2v) is 9.04. The number of hydrogen-bond acceptors (Lipinski definition) is 8. The van der Waals surface area contributed by atoms with E-state index >= 15 is 0 Å². The number of amides is 1. The van der Waals surface area contributed by atoms with E-state index in [1.165, 1.54) is 28.5 Å². The van der Waals surface area contributed by atoms with Crippen LogP contribution >= 0.6 is 23.1 Å². The van der Waals surface area contributed by atoms with Gasteiger partial charge in [-0.25, -0.2) is 9.78 Å². The third kappa shape index (κ3) is 6.27. The van der Waals surface area contributed by atoms with Gasteiger partial charge < -0.3 is 24.8 Å². The molecule has 2 heterocycles. The van der Waals surface area contributed by atoms with Gasteiger partial charge in [0.1, 0.15) is 11.5 Å². The number of thioether (sulfide) groups is 1. The average molecular weight is 466 g/mol. The van der Waals surface area contributed by atoms with Crippen molar-refractivity contribution in [2.45, 2.75) is 37.1 Å². The molecule has 168 valence electrons. The number of rotatable bonds is 12. The number of benzene rings is 1. The molecule has 0 unspecified atom stereocenters. The number of nitrogens with one attached hydrogen (secondary N) is 1. The number of aromatic nitrogens is 1. The Morgan fingerprint density at radius 1 is 1.35 bits per heavy atom. The highest BCUT2D eigenvalue weighted by Crippen LogP contribution is 2.31. The van der Waals surface area contributed by atoms with Crippen molar-refractivity contribution >= 4 is 40.7 Å². The number of likely N-dealkylation sites (tertiary alicyclic amines) is 1. The van der Waals surface area contributed by atoms with E-state index in [1.54, 1.807) is 0 Å². The third-order valence-electron chi connectivity index (χ3n) is 4.80. The number of carbonyl (C=O) groups excluding carboxylic acids is 1. The van der Waals surface area contributed by atoms with Gasteiger partial charge in [0.05, 0.1) is 18.9 Å². The second kappa shape index (κ2) is 11.2. The van der Waals surface area contributed by atoms with Crippen molar-refractivity contribution in [3.63, 3.8) is 0 Å². The summed E-state index contributed by atoms with van der Waals surface area (Å²) < 4.78 is 12.0. The molecule has 1 amide bonds. The van der Waals surface area contributed by atoms with E-state index in [2.05, 4.69) is 10.3 Å². The molecule has 1 aliphatic heterocycles. The highest BCUT2D eigenvalue weighted by atomic mass is 32.2. The highest BCUT2D eigenvalue weighted by Gasteiger charge is 2.30. The van der Waals surface area contributed by atoms with Gasteiger partial charge in [-0.2, -0.15) is 0 Å². The quantitative estimate of drug-likeness (QED) is 0.456. The Kier molecular flexibility index (Phi) is 8.42. The van der Waals surface area contributed by atoms with Crippen LogP contribution in [0.3, 0.4) is 0 Å². The van der Waals surface area contributed by atoms with Crippen molar-refractivity contribution in [1.82, 2.24) is 9.88 Å². The van der Waals surface area contributed by atoms with Crippen LogP contribution in [0.5, 0.6) is 11.5 Å². The Bertz CT molecular complexity index is 905. The summed E-state index contributed by atoms with van der Waals surface area (Å²) in [5.41, 5.74) is 0.914. The first-order chi connectivity index (χ1) is 15.0. The minimum atomic E-state index is -1.02. The molecule has 8 nitrogen and oxygen atoms in total. The summed E-state index contributed by atoms with van der Waals surface area (Å²) >= 11 is 2.78. The molecule has 1 saturated heterocycles. The van der Waals surface area contributed by atoms with Crippen molar-refractivity contribution in [1.29, 1.82) is 0 Å². The van der Waals surface area contributed by atoms with E-state index in [-0.39, 0.29) is 17.6 Å². The predicted molar refractivity (Wildman–Crippen MR) is 122 cm³/mol. The fraction of sp³-hybridized carbons (Fsp3) is 0.476. The van der Waals surface area contributed by atoms with Crippen LogP contribution in [0.2, 0.25) is 0 Å². The number of aromatic carboxylic acids is 1. The molecule has 0 bridgehead atoms. The zero-order valence-corrected chi connectivity index (χ0v) is 19.3. The lowest BCUT2D eigenvalue weighted by Gasteiger charge is -2.25. The zero-order valence-electron chi connectivity index (χ0n) is 17.6. The van der Waals surface area contributed by atoms with Gasteiger partial charge in [0, 0.05) is 42.8 Å². The number of carbonyl (C=O) groups is 2. The monoisotopic (exact) mass is 465 g/mol. The molecule has 1 aromatic carbocycles.